The molecule has 0 fully saturated rings. The number of carbonyl (C=O) groups is 2. The van der Waals surface area contributed by atoms with Crippen LogP contribution in [0.15, 0.2) is 59.3 Å². The molecule has 0 saturated carbocycles. The number of hydrogen-bond donors (Lipinski definition) is 2. The van der Waals surface area contributed by atoms with Crippen LogP contribution in [0.1, 0.15) is 26.6 Å². The standard InChI is InChI=1S/C18H13F2N3O3/c19-14-4-3-12(9-15(14)20)23-18(25)16-8-11(5-6-21-16)17(24)22-10-13-2-1-7-26-13/h1-9H,10H2,(H,22,24)(H,23,25). The summed E-state index contributed by atoms with van der Waals surface area (Å²) in [6.07, 6.45) is 2.80. The summed E-state index contributed by atoms with van der Waals surface area (Å²) in [6, 6.07) is 9.14. The average Bonchev–Trinajstić information content (AvgIpc) is 3.16. The minimum Gasteiger partial charge on any atom is -0.467 e. The second-order valence-electron chi connectivity index (χ2n) is 5.27. The van der Waals surface area contributed by atoms with Gasteiger partial charge in [0.2, 0.25) is 0 Å². The van der Waals surface area contributed by atoms with E-state index >= 15 is 0 Å². The van der Waals surface area contributed by atoms with Gasteiger partial charge in [-0.25, -0.2) is 8.78 Å². The van der Waals surface area contributed by atoms with E-state index < -0.39 is 23.4 Å². The van der Waals surface area contributed by atoms with Crippen molar-refractivity contribution >= 4 is 17.5 Å². The predicted octanol–water partition coefficient (Wildman–Crippen LogP) is 3.14. The highest BCUT2D eigenvalue weighted by Gasteiger charge is 2.13. The Hall–Kier alpha value is -3.55. The van der Waals surface area contributed by atoms with Gasteiger partial charge in [0.15, 0.2) is 11.6 Å². The van der Waals surface area contributed by atoms with Crippen LogP contribution in [0.4, 0.5) is 14.5 Å². The number of hydrogen-bond acceptors (Lipinski definition) is 4. The summed E-state index contributed by atoms with van der Waals surface area (Å²) >= 11 is 0. The SMILES string of the molecule is O=C(NCc1ccco1)c1ccnc(C(=O)Nc2ccc(F)c(F)c2)c1. The van der Waals surface area contributed by atoms with Crippen molar-refractivity contribution in [3.8, 4) is 0 Å². The van der Waals surface area contributed by atoms with Crippen molar-refractivity contribution in [3.63, 3.8) is 0 Å². The number of pyridine rings is 1. The van der Waals surface area contributed by atoms with Crippen molar-refractivity contribution < 1.29 is 22.8 Å². The molecule has 26 heavy (non-hydrogen) atoms. The maximum atomic E-state index is 13.2. The predicted molar refractivity (Wildman–Crippen MR) is 88.4 cm³/mol. The number of carbonyl (C=O) groups excluding carboxylic acids is 2. The molecule has 132 valence electrons. The summed E-state index contributed by atoms with van der Waals surface area (Å²) in [5.74, 6) is -2.58. The van der Waals surface area contributed by atoms with Crippen molar-refractivity contribution in [2.24, 2.45) is 0 Å². The quantitative estimate of drug-likeness (QED) is 0.735. The summed E-state index contributed by atoms with van der Waals surface area (Å²) in [6.45, 7) is 0.199. The van der Waals surface area contributed by atoms with Crippen molar-refractivity contribution in [2.45, 2.75) is 6.54 Å². The Balaban J connectivity index is 1.68. The highest BCUT2D eigenvalue weighted by Crippen LogP contribution is 2.14. The van der Waals surface area contributed by atoms with Crippen LogP contribution in [0.25, 0.3) is 0 Å². The minimum atomic E-state index is -1.08. The van der Waals surface area contributed by atoms with Gasteiger partial charge in [-0.2, -0.15) is 0 Å². The van der Waals surface area contributed by atoms with E-state index in [1.54, 1.807) is 12.1 Å². The number of nitrogens with one attached hydrogen (secondary N) is 2. The van der Waals surface area contributed by atoms with Crippen LogP contribution in [0.5, 0.6) is 0 Å². The number of benzene rings is 1. The molecule has 1 aromatic carbocycles. The molecule has 2 amide bonds. The molecule has 2 aromatic heterocycles. The van der Waals surface area contributed by atoms with Crippen LogP contribution in [-0.4, -0.2) is 16.8 Å². The van der Waals surface area contributed by atoms with Gasteiger partial charge in [0.05, 0.1) is 12.8 Å². The van der Waals surface area contributed by atoms with Gasteiger partial charge in [0.1, 0.15) is 11.5 Å². The zero-order valence-electron chi connectivity index (χ0n) is 13.3. The van der Waals surface area contributed by atoms with Crippen LogP contribution in [0.2, 0.25) is 0 Å². The van der Waals surface area contributed by atoms with E-state index in [9.17, 15) is 18.4 Å². The Kier molecular flexibility index (Phi) is 5.02. The molecule has 0 aliphatic rings. The molecule has 2 heterocycles. The lowest BCUT2D eigenvalue weighted by molar-refractivity contribution is 0.0948. The summed E-state index contributed by atoms with van der Waals surface area (Å²) in [5.41, 5.74) is 0.255. The van der Waals surface area contributed by atoms with Crippen LogP contribution in [-0.2, 0) is 6.54 Å². The lowest BCUT2D eigenvalue weighted by Gasteiger charge is -2.07. The average molecular weight is 357 g/mol. The van der Waals surface area contributed by atoms with Crippen molar-refractivity contribution in [1.29, 1.82) is 0 Å². The fraction of sp³-hybridized carbons (Fsp3) is 0.0556. The summed E-state index contributed by atoms with van der Waals surface area (Å²) in [5, 5.41) is 5.04. The fourth-order valence-electron chi connectivity index (χ4n) is 2.15. The first-order valence-corrected chi connectivity index (χ1v) is 7.56. The molecule has 0 spiro atoms. The maximum Gasteiger partial charge on any atom is 0.274 e. The third kappa shape index (κ3) is 4.10. The first kappa shape index (κ1) is 17.3. The van der Waals surface area contributed by atoms with Crippen LogP contribution >= 0.6 is 0 Å². The Labute approximate surface area is 146 Å². The monoisotopic (exact) mass is 357 g/mol. The van der Waals surface area contributed by atoms with Crippen molar-refractivity contribution in [1.82, 2.24) is 10.3 Å². The molecule has 0 saturated heterocycles. The van der Waals surface area contributed by atoms with Crippen LogP contribution in [0, 0.1) is 11.6 Å². The lowest BCUT2D eigenvalue weighted by atomic mass is 10.2. The van der Waals surface area contributed by atoms with E-state index in [1.807, 2.05) is 0 Å². The van der Waals surface area contributed by atoms with Crippen LogP contribution < -0.4 is 10.6 Å². The number of anilines is 1. The molecule has 3 rings (SSSR count). The molecular formula is C18H13F2N3O3. The van der Waals surface area contributed by atoms with Gasteiger partial charge >= 0.3 is 0 Å². The number of amides is 2. The zero-order chi connectivity index (χ0) is 18.5. The highest BCUT2D eigenvalue weighted by molar-refractivity contribution is 6.04. The number of aromatic nitrogens is 1. The smallest absolute Gasteiger partial charge is 0.274 e. The summed E-state index contributed by atoms with van der Waals surface area (Å²) in [4.78, 5) is 28.2. The van der Waals surface area contributed by atoms with Gasteiger partial charge in [0, 0.05) is 23.5 Å². The number of rotatable bonds is 5. The minimum absolute atomic E-state index is 0.0413. The largest absolute Gasteiger partial charge is 0.467 e. The molecule has 0 radical (unpaired) electrons. The second kappa shape index (κ2) is 7.56. The molecule has 2 N–H and O–H groups in total. The van der Waals surface area contributed by atoms with E-state index in [4.69, 9.17) is 4.42 Å². The Morgan fingerprint density at radius 3 is 2.62 bits per heavy atom. The topological polar surface area (TPSA) is 84.2 Å². The molecule has 0 bridgehead atoms. The van der Waals surface area contributed by atoms with Gasteiger partial charge in [0.25, 0.3) is 11.8 Å². The number of furan rings is 1. The first-order valence-electron chi connectivity index (χ1n) is 7.56. The second-order valence-corrected chi connectivity index (χ2v) is 5.27. The van der Waals surface area contributed by atoms with E-state index in [2.05, 4.69) is 15.6 Å². The van der Waals surface area contributed by atoms with Gasteiger partial charge in [-0.1, -0.05) is 0 Å². The van der Waals surface area contributed by atoms with Gasteiger partial charge < -0.3 is 15.1 Å². The Morgan fingerprint density at radius 1 is 1.04 bits per heavy atom. The molecule has 3 aromatic rings. The molecule has 0 aliphatic heterocycles. The van der Waals surface area contributed by atoms with Crippen molar-refractivity contribution in [3.05, 3.63) is 83.6 Å². The molecular weight excluding hydrogens is 344 g/mol. The molecule has 6 nitrogen and oxygen atoms in total. The van der Waals surface area contributed by atoms with Crippen molar-refractivity contribution in [2.75, 3.05) is 5.32 Å². The number of halogens is 2. The fourth-order valence-corrected chi connectivity index (χ4v) is 2.15. The zero-order valence-corrected chi connectivity index (χ0v) is 13.3. The third-order valence-electron chi connectivity index (χ3n) is 3.44. The Bertz CT molecular complexity index is 943. The van der Waals surface area contributed by atoms with E-state index in [-0.39, 0.29) is 23.5 Å². The van der Waals surface area contributed by atoms with E-state index in [0.29, 0.717) is 5.76 Å². The van der Waals surface area contributed by atoms with Gasteiger partial charge in [-0.15, -0.1) is 0 Å². The maximum absolute atomic E-state index is 13.2. The van der Waals surface area contributed by atoms with Gasteiger partial charge in [-0.3, -0.25) is 14.6 Å². The van der Waals surface area contributed by atoms with E-state index in [1.165, 1.54) is 30.7 Å². The number of nitrogens with zero attached hydrogens (tertiary/aromatic N) is 1. The van der Waals surface area contributed by atoms with Crippen LogP contribution in [0.3, 0.4) is 0 Å². The summed E-state index contributed by atoms with van der Waals surface area (Å²) in [7, 11) is 0. The Morgan fingerprint density at radius 2 is 1.88 bits per heavy atom. The highest BCUT2D eigenvalue weighted by atomic mass is 19.2. The first-order chi connectivity index (χ1) is 12.5. The molecule has 0 atom stereocenters. The lowest BCUT2D eigenvalue weighted by Crippen LogP contribution is -2.23. The molecule has 8 heteroatoms. The molecule has 0 aliphatic carbocycles. The molecule has 0 unspecified atom stereocenters. The normalized spacial score (nSPS) is 10.4. The third-order valence-corrected chi connectivity index (χ3v) is 3.44. The van der Waals surface area contributed by atoms with Gasteiger partial charge in [-0.05, 0) is 36.4 Å². The van der Waals surface area contributed by atoms with E-state index in [0.717, 1.165) is 12.1 Å². The summed E-state index contributed by atoms with van der Waals surface area (Å²) < 4.78 is 31.2.